The van der Waals surface area contributed by atoms with Crippen molar-refractivity contribution in [2.45, 2.75) is 30.7 Å². The molecule has 0 heterocycles. The van der Waals surface area contributed by atoms with Gasteiger partial charge in [0.15, 0.2) is 4.90 Å². The Labute approximate surface area is 113 Å². The molecule has 1 rings (SSSR count). The molecule has 0 aliphatic heterocycles. The van der Waals surface area contributed by atoms with Crippen LogP contribution in [0.3, 0.4) is 0 Å². The molecule has 1 atom stereocenters. The van der Waals surface area contributed by atoms with Crippen molar-refractivity contribution in [2.24, 2.45) is 0 Å². The SMILES string of the molecule is CCC[C@H](NS(=O)(=O)c1c(F)cc(F)cc1F)C(=O)O. The number of hydrogen-bond donors (Lipinski definition) is 2. The molecule has 0 saturated heterocycles. The molecule has 112 valence electrons. The summed E-state index contributed by atoms with van der Waals surface area (Å²) < 4.78 is 64.8. The Bertz CT molecular complexity index is 595. The summed E-state index contributed by atoms with van der Waals surface area (Å²) >= 11 is 0. The van der Waals surface area contributed by atoms with Gasteiger partial charge < -0.3 is 5.11 Å². The van der Waals surface area contributed by atoms with Crippen LogP contribution in [0.1, 0.15) is 19.8 Å². The van der Waals surface area contributed by atoms with Gasteiger partial charge in [0.2, 0.25) is 10.0 Å². The summed E-state index contributed by atoms with van der Waals surface area (Å²) in [5, 5.41) is 8.82. The normalized spacial score (nSPS) is 13.2. The molecule has 1 aromatic rings. The van der Waals surface area contributed by atoms with E-state index in [1.54, 1.807) is 11.6 Å². The first-order chi connectivity index (χ1) is 9.19. The van der Waals surface area contributed by atoms with Crippen molar-refractivity contribution in [3.05, 3.63) is 29.6 Å². The van der Waals surface area contributed by atoms with Gasteiger partial charge in [0, 0.05) is 12.1 Å². The van der Waals surface area contributed by atoms with E-state index in [9.17, 15) is 26.4 Å². The summed E-state index contributed by atoms with van der Waals surface area (Å²) in [5.74, 6) is -6.01. The maximum Gasteiger partial charge on any atom is 0.321 e. The highest BCUT2D eigenvalue weighted by atomic mass is 32.2. The Balaban J connectivity index is 3.20. The highest BCUT2D eigenvalue weighted by Gasteiger charge is 2.30. The Kier molecular flexibility index (Phi) is 5.12. The second-order valence-corrected chi connectivity index (χ2v) is 5.65. The van der Waals surface area contributed by atoms with Crippen LogP contribution in [0.25, 0.3) is 0 Å². The number of aliphatic carboxylic acids is 1. The zero-order valence-corrected chi connectivity index (χ0v) is 11.2. The van der Waals surface area contributed by atoms with Gasteiger partial charge in [-0.1, -0.05) is 13.3 Å². The maximum absolute atomic E-state index is 13.4. The summed E-state index contributed by atoms with van der Waals surface area (Å²) in [6.07, 6.45) is 0.285. The smallest absolute Gasteiger partial charge is 0.321 e. The zero-order chi connectivity index (χ0) is 15.5. The molecular weight excluding hydrogens is 299 g/mol. The number of carbonyl (C=O) groups is 1. The molecule has 20 heavy (non-hydrogen) atoms. The van der Waals surface area contributed by atoms with Crippen LogP contribution >= 0.6 is 0 Å². The fourth-order valence-corrected chi connectivity index (χ4v) is 2.90. The van der Waals surface area contributed by atoms with Crippen molar-refractivity contribution in [1.29, 1.82) is 0 Å². The van der Waals surface area contributed by atoms with E-state index >= 15 is 0 Å². The Morgan fingerprint density at radius 1 is 1.30 bits per heavy atom. The van der Waals surface area contributed by atoms with Gasteiger partial charge in [0.05, 0.1) is 0 Å². The van der Waals surface area contributed by atoms with Crippen molar-refractivity contribution in [1.82, 2.24) is 4.72 Å². The van der Waals surface area contributed by atoms with Gasteiger partial charge >= 0.3 is 5.97 Å². The van der Waals surface area contributed by atoms with Gasteiger partial charge in [-0.2, -0.15) is 4.72 Å². The fraction of sp³-hybridized carbons (Fsp3) is 0.364. The molecule has 0 aromatic heterocycles. The van der Waals surface area contributed by atoms with Crippen LogP contribution in [0, 0.1) is 17.5 Å². The average Bonchev–Trinajstić information content (AvgIpc) is 2.25. The van der Waals surface area contributed by atoms with E-state index in [-0.39, 0.29) is 18.6 Å². The van der Waals surface area contributed by atoms with Crippen LogP contribution in [-0.4, -0.2) is 25.5 Å². The van der Waals surface area contributed by atoms with E-state index in [4.69, 9.17) is 5.11 Å². The average molecular weight is 311 g/mol. The molecule has 0 fully saturated rings. The monoisotopic (exact) mass is 311 g/mol. The van der Waals surface area contributed by atoms with Crippen LogP contribution in [0.15, 0.2) is 17.0 Å². The van der Waals surface area contributed by atoms with E-state index in [2.05, 4.69) is 0 Å². The van der Waals surface area contributed by atoms with Crippen molar-refractivity contribution in [3.8, 4) is 0 Å². The lowest BCUT2D eigenvalue weighted by Gasteiger charge is -2.14. The van der Waals surface area contributed by atoms with Gasteiger partial charge in [-0.05, 0) is 6.42 Å². The number of benzene rings is 1. The van der Waals surface area contributed by atoms with Crippen LogP contribution in [0.5, 0.6) is 0 Å². The lowest BCUT2D eigenvalue weighted by Crippen LogP contribution is -2.41. The molecule has 0 spiro atoms. The van der Waals surface area contributed by atoms with Crippen LogP contribution in [0.2, 0.25) is 0 Å². The molecule has 0 amide bonds. The van der Waals surface area contributed by atoms with Gasteiger partial charge in [-0.15, -0.1) is 0 Å². The highest BCUT2D eigenvalue weighted by Crippen LogP contribution is 2.20. The molecule has 0 aliphatic carbocycles. The summed E-state index contributed by atoms with van der Waals surface area (Å²) in [6, 6.07) is -1.12. The van der Waals surface area contributed by atoms with Crippen LogP contribution in [-0.2, 0) is 14.8 Å². The Hall–Kier alpha value is -1.61. The molecular formula is C11H12F3NO4S. The maximum atomic E-state index is 13.4. The minimum absolute atomic E-state index is 0.0566. The predicted molar refractivity (Wildman–Crippen MR) is 63.0 cm³/mol. The standard InChI is InChI=1S/C11H12F3NO4S/c1-2-3-9(11(16)17)15-20(18,19)10-7(13)4-6(12)5-8(10)14/h4-5,9,15H,2-3H2,1H3,(H,16,17)/t9-/m0/s1. The first kappa shape index (κ1) is 16.4. The van der Waals surface area contributed by atoms with Gasteiger partial charge in [0.1, 0.15) is 23.5 Å². The first-order valence-corrected chi connectivity index (χ1v) is 7.07. The highest BCUT2D eigenvalue weighted by molar-refractivity contribution is 7.89. The van der Waals surface area contributed by atoms with Gasteiger partial charge in [-0.25, -0.2) is 21.6 Å². The molecule has 1 aromatic carbocycles. The number of rotatable bonds is 6. The number of carboxylic acids is 1. The molecule has 0 radical (unpaired) electrons. The van der Waals surface area contributed by atoms with Crippen molar-refractivity contribution < 1.29 is 31.5 Å². The number of halogens is 3. The van der Waals surface area contributed by atoms with Gasteiger partial charge in [0.25, 0.3) is 0 Å². The summed E-state index contributed by atoms with van der Waals surface area (Å²) in [5.41, 5.74) is 0. The largest absolute Gasteiger partial charge is 0.480 e. The zero-order valence-electron chi connectivity index (χ0n) is 10.4. The van der Waals surface area contributed by atoms with Crippen LogP contribution in [0.4, 0.5) is 13.2 Å². The van der Waals surface area contributed by atoms with E-state index in [1.165, 1.54) is 0 Å². The van der Waals surface area contributed by atoms with E-state index < -0.39 is 44.4 Å². The summed E-state index contributed by atoms with van der Waals surface area (Å²) in [4.78, 5) is 9.45. The van der Waals surface area contributed by atoms with E-state index in [0.29, 0.717) is 6.42 Å². The van der Waals surface area contributed by atoms with E-state index in [0.717, 1.165) is 0 Å². The second kappa shape index (κ2) is 6.23. The van der Waals surface area contributed by atoms with Crippen LogP contribution < -0.4 is 4.72 Å². The van der Waals surface area contributed by atoms with Crippen molar-refractivity contribution in [3.63, 3.8) is 0 Å². The van der Waals surface area contributed by atoms with Gasteiger partial charge in [-0.3, -0.25) is 4.79 Å². The minimum atomic E-state index is -4.75. The number of nitrogens with one attached hydrogen (secondary N) is 1. The van der Waals surface area contributed by atoms with Crippen molar-refractivity contribution >= 4 is 16.0 Å². The van der Waals surface area contributed by atoms with E-state index in [1.807, 2.05) is 0 Å². The molecule has 0 saturated carbocycles. The minimum Gasteiger partial charge on any atom is -0.480 e. The van der Waals surface area contributed by atoms with Crippen molar-refractivity contribution in [2.75, 3.05) is 0 Å². The molecule has 9 heteroatoms. The molecule has 0 bridgehead atoms. The molecule has 5 nitrogen and oxygen atoms in total. The number of sulfonamides is 1. The predicted octanol–water partition coefficient (Wildman–Crippen LogP) is 1.64. The lowest BCUT2D eigenvalue weighted by atomic mass is 10.2. The Morgan fingerprint density at radius 3 is 2.20 bits per heavy atom. The quantitative estimate of drug-likeness (QED) is 0.836. The topological polar surface area (TPSA) is 83.5 Å². The number of carboxylic acid groups (broad SMARTS) is 1. The first-order valence-electron chi connectivity index (χ1n) is 5.58. The second-order valence-electron chi connectivity index (χ2n) is 4.00. The summed E-state index contributed by atoms with van der Waals surface area (Å²) in [6.45, 7) is 1.61. The third-order valence-corrected chi connectivity index (χ3v) is 3.93. The third-order valence-electron chi connectivity index (χ3n) is 2.40. The fourth-order valence-electron chi connectivity index (χ4n) is 1.55. The third kappa shape index (κ3) is 3.70. The summed E-state index contributed by atoms with van der Waals surface area (Å²) in [7, 11) is -4.75. The Morgan fingerprint density at radius 2 is 1.80 bits per heavy atom. The molecule has 2 N–H and O–H groups in total. The molecule has 0 unspecified atom stereocenters. The molecule has 0 aliphatic rings. The number of hydrogen-bond acceptors (Lipinski definition) is 3. The lowest BCUT2D eigenvalue weighted by molar-refractivity contribution is -0.139.